The van der Waals surface area contributed by atoms with Crippen LogP contribution in [0.4, 0.5) is 11.4 Å². The highest BCUT2D eigenvalue weighted by Crippen LogP contribution is 2.41. The summed E-state index contributed by atoms with van der Waals surface area (Å²) in [5, 5.41) is 23.0. The molecule has 3 aromatic rings. The van der Waals surface area contributed by atoms with Gasteiger partial charge in [-0.15, -0.1) is 0 Å². The van der Waals surface area contributed by atoms with E-state index in [1.165, 1.54) is 24.3 Å². The Morgan fingerprint density at radius 1 is 1.16 bits per heavy atom. The summed E-state index contributed by atoms with van der Waals surface area (Å²) in [6.45, 7) is 1.66. The van der Waals surface area contributed by atoms with E-state index in [2.05, 4.69) is 10.3 Å². The fraction of sp³-hybridized carbons (Fsp3) is 0.0952. The van der Waals surface area contributed by atoms with Gasteiger partial charge in [0, 0.05) is 38.4 Å². The van der Waals surface area contributed by atoms with Gasteiger partial charge in [0.25, 0.3) is 5.91 Å². The molecule has 2 aromatic carbocycles. The Bertz CT molecular complexity index is 1340. The Kier molecular flexibility index (Phi) is 4.91. The standard InChI is InChI=1S/C21H15Cl2N3O5/c1-7-12(24)2-3-13-15(7)10(20(28)29)6-9(19(27)26-13)16-17-11(23)4-8(22)5-14(17)25-18(16)21(30)31/h2-6,10,25H,24H2,1H3,(H,26,27)(H,28,29)(H,30,31). The smallest absolute Gasteiger partial charge is 0.352 e. The monoisotopic (exact) mass is 459 g/mol. The van der Waals surface area contributed by atoms with Crippen LogP contribution in [0.5, 0.6) is 0 Å². The van der Waals surface area contributed by atoms with Crippen LogP contribution in [0.2, 0.25) is 10.0 Å². The van der Waals surface area contributed by atoms with Crippen molar-refractivity contribution in [2.24, 2.45) is 0 Å². The van der Waals surface area contributed by atoms with Crippen molar-refractivity contribution >= 4 is 68.9 Å². The molecule has 31 heavy (non-hydrogen) atoms. The summed E-state index contributed by atoms with van der Waals surface area (Å²) in [6, 6.07) is 5.97. The number of aromatic amines is 1. The molecule has 2 heterocycles. The quantitative estimate of drug-likeness (QED) is 0.369. The van der Waals surface area contributed by atoms with Gasteiger partial charge < -0.3 is 26.2 Å². The highest BCUT2D eigenvalue weighted by molar-refractivity contribution is 6.41. The van der Waals surface area contributed by atoms with E-state index in [0.717, 1.165) is 0 Å². The van der Waals surface area contributed by atoms with Crippen LogP contribution in [0.1, 0.15) is 33.1 Å². The summed E-state index contributed by atoms with van der Waals surface area (Å²) in [5.41, 5.74) is 7.25. The molecule has 0 saturated heterocycles. The number of aromatic carboxylic acids is 1. The normalized spacial score (nSPS) is 15.8. The lowest BCUT2D eigenvalue weighted by atomic mass is 9.90. The van der Waals surface area contributed by atoms with E-state index in [9.17, 15) is 24.6 Å². The average Bonchev–Trinajstić information content (AvgIpc) is 2.98. The van der Waals surface area contributed by atoms with Crippen LogP contribution in [0, 0.1) is 6.92 Å². The maximum atomic E-state index is 13.2. The number of nitrogens with one attached hydrogen (secondary N) is 2. The number of anilines is 2. The van der Waals surface area contributed by atoms with Gasteiger partial charge >= 0.3 is 11.9 Å². The third-order valence-electron chi connectivity index (χ3n) is 5.26. The molecule has 0 saturated carbocycles. The molecule has 158 valence electrons. The number of halogens is 2. The predicted octanol–water partition coefficient (Wildman–Crippen LogP) is 4.27. The van der Waals surface area contributed by atoms with Crippen molar-refractivity contribution < 1.29 is 24.6 Å². The van der Waals surface area contributed by atoms with Crippen molar-refractivity contribution in [3.8, 4) is 0 Å². The van der Waals surface area contributed by atoms with Crippen LogP contribution in [-0.4, -0.2) is 33.0 Å². The van der Waals surface area contributed by atoms with Gasteiger partial charge in [0.1, 0.15) is 11.6 Å². The number of carbonyl (C=O) groups is 3. The Hall–Kier alpha value is -3.49. The fourth-order valence-corrected chi connectivity index (χ4v) is 4.43. The van der Waals surface area contributed by atoms with Crippen molar-refractivity contribution in [1.29, 1.82) is 0 Å². The number of nitrogens with two attached hydrogens (primary N) is 1. The first kappa shape index (κ1) is 20.8. The van der Waals surface area contributed by atoms with Crippen LogP contribution >= 0.6 is 23.2 Å². The zero-order valence-corrected chi connectivity index (χ0v) is 17.4. The van der Waals surface area contributed by atoms with Crippen molar-refractivity contribution in [2.75, 3.05) is 11.1 Å². The minimum Gasteiger partial charge on any atom is -0.481 e. The van der Waals surface area contributed by atoms with Crippen molar-refractivity contribution in [3.63, 3.8) is 0 Å². The summed E-state index contributed by atoms with van der Waals surface area (Å²) >= 11 is 12.4. The topological polar surface area (TPSA) is 146 Å². The lowest BCUT2D eigenvalue weighted by molar-refractivity contribution is -0.137. The minimum absolute atomic E-state index is 0.0219. The molecule has 10 heteroatoms. The number of rotatable bonds is 3. The number of benzene rings is 2. The molecule has 0 fully saturated rings. The predicted molar refractivity (Wildman–Crippen MR) is 118 cm³/mol. The van der Waals surface area contributed by atoms with Gasteiger partial charge in [-0.3, -0.25) is 9.59 Å². The first-order valence-corrected chi connectivity index (χ1v) is 9.75. The van der Waals surface area contributed by atoms with E-state index in [1.807, 2.05) is 0 Å². The number of carboxylic acid groups (broad SMARTS) is 2. The van der Waals surface area contributed by atoms with Gasteiger partial charge in [0.05, 0.1) is 5.02 Å². The van der Waals surface area contributed by atoms with Gasteiger partial charge in [-0.05, 0) is 42.3 Å². The molecule has 4 rings (SSSR count). The maximum absolute atomic E-state index is 13.2. The molecule has 0 spiro atoms. The molecule has 0 bridgehead atoms. The van der Waals surface area contributed by atoms with Crippen molar-refractivity contribution in [1.82, 2.24) is 4.98 Å². The molecule has 0 aliphatic carbocycles. The second-order valence-electron chi connectivity index (χ2n) is 7.08. The highest BCUT2D eigenvalue weighted by Gasteiger charge is 2.33. The number of fused-ring (bicyclic) bond motifs is 2. The van der Waals surface area contributed by atoms with E-state index in [4.69, 9.17) is 28.9 Å². The molecule has 1 aromatic heterocycles. The highest BCUT2D eigenvalue weighted by atomic mass is 35.5. The molecule has 0 radical (unpaired) electrons. The summed E-state index contributed by atoms with van der Waals surface area (Å²) < 4.78 is 0. The van der Waals surface area contributed by atoms with Gasteiger partial charge in [-0.2, -0.15) is 0 Å². The van der Waals surface area contributed by atoms with E-state index >= 15 is 0 Å². The second kappa shape index (κ2) is 7.33. The first-order chi connectivity index (χ1) is 14.6. The number of hydrogen-bond acceptors (Lipinski definition) is 4. The number of aromatic nitrogens is 1. The van der Waals surface area contributed by atoms with Crippen LogP contribution in [0.25, 0.3) is 16.5 Å². The zero-order chi connectivity index (χ0) is 22.6. The summed E-state index contributed by atoms with van der Waals surface area (Å²) in [7, 11) is 0. The molecular weight excluding hydrogens is 445 g/mol. The minimum atomic E-state index is -1.35. The van der Waals surface area contributed by atoms with Gasteiger partial charge in [0.15, 0.2) is 0 Å². The second-order valence-corrected chi connectivity index (χ2v) is 7.93. The summed E-state index contributed by atoms with van der Waals surface area (Å²) in [4.78, 5) is 40.0. The lowest BCUT2D eigenvalue weighted by Crippen LogP contribution is -2.15. The number of amides is 1. The molecule has 1 aliphatic heterocycles. The van der Waals surface area contributed by atoms with Gasteiger partial charge in [0.2, 0.25) is 0 Å². The molecule has 1 atom stereocenters. The maximum Gasteiger partial charge on any atom is 0.352 e. The summed E-state index contributed by atoms with van der Waals surface area (Å²) in [6.07, 6.45) is 1.22. The molecule has 6 N–H and O–H groups in total. The van der Waals surface area contributed by atoms with Crippen molar-refractivity contribution in [3.05, 3.63) is 62.8 Å². The van der Waals surface area contributed by atoms with Crippen LogP contribution in [-0.2, 0) is 9.59 Å². The molecule has 1 aliphatic rings. The van der Waals surface area contributed by atoms with E-state index in [0.29, 0.717) is 22.3 Å². The van der Waals surface area contributed by atoms with Crippen LogP contribution in [0.3, 0.4) is 0 Å². The molecule has 1 unspecified atom stereocenters. The number of carbonyl (C=O) groups excluding carboxylic acids is 1. The Balaban J connectivity index is 2.07. The zero-order valence-electron chi connectivity index (χ0n) is 15.9. The number of nitrogen functional groups attached to an aromatic ring is 1. The Morgan fingerprint density at radius 3 is 2.52 bits per heavy atom. The fourth-order valence-electron chi connectivity index (χ4n) is 3.84. The third kappa shape index (κ3) is 3.30. The van der Waals surface area contributed by atoms with Gasteiger partial charge in [-0.1, -0.05) is 29.3 Å². The molecule has 1 amide bonds. The van der Waals surface area contributed by atoms with Crippen LogP contribution in [0.15, 0.2) is 30.3 Å². The number of hydrogen-bond donors (Lipinski definition) is 5. The molecular formula is C21H15Cl2N3O5. The van der Waals surface area contributed by atoms with Crippen LogP contribution < -0.4 is 11.1 Å². The average molecular weight is 460 g/mol. The third-order valence-corrected chi connectivity index (χ3v) is 5.77. The van der Waals surface area contributed by atoms with Gasteiger partial charge in [-0.25, -0.2) is 4.79 Å². The largest absolute Gasteiger partial charge is 0.481 e. The number of aliphatic carboxylic acids is 1. The number of carboxylic acids is 2. The first-order valence-electron chi connectivity index (χ1n) is 8.99. The SMILES string of the molecule is Cc1c(N)ccc2c1C(C(=O)O)C=C(c1c(C(=O)O)[nH]c3cc(Cl)cc(Cl)c13)C(=O)N2. The lowest BCUT2D eigenvalue weighted by Gasteiger charge is -2.16. The van der Waals surface area contributed by atoms with E-state index in [-0.39, 0.29) is 37.9 Å². The van der Waals surface area contributed by atoms with E-state index < -0.39 is 23.8 Å². The summed E-state index contributed by atoms with van der Waals surface area (Å²) in [5.74, 6) is -4.51. The van der Waals surface area contributed by atoms with E-state index in [1.54, 1.807) is 13.0 Å². The Labute approximate surface area is 185 Å². The molecule has 8 nitrogen and oxygen atoms in total. The van der Waals surface area contributed by atoms with Crippen molar-refractivity contribution in [2.45, 2.75) is 12.8 Å². The number of H-pyrrole nitrogens is 1. The Morgan fingerprint density at radius 2 is 1.87 bits per heavy atom.